The Morgan fingerprint density at radius 2 is 1.90 bits per heavy atom. The van der Waals surface area contributed by atoms with Crippen LogP contribution in [0, 0.1) is 6.92 Å². The molecule has 0 radical (unpaired) electrons. The molecular formula is C16H17NO3. The normalized spacial score (nSPS) is 11.9. The molecule has 2 rings (SSSR count). The third kappa shape index (κ3) is 3.36. The maximum atomic E-state index is 12.2. The van der Waals surface area contributed by atoms with Crippen molar-refractivity contribution in [3.63, 3.8) is 0 Å². The summed E-state index contributed by atoms with van der Waals surface area (Å²) in [5, 5.41) is 21.7. The number of nitrogens with one attached hydrogen (secondary N) is 1. The molecule has 0 aliphatic rings. The summed E-state index contributed by atoms with van der Waals surface area (Å²) in [6.45, 7) is 1.62. The minimum atomic E-state index is -0.466. The Morgan fingerprint density at radius 3 is 2.50 bits per heavy atom. The molecule has 0 aliphatic heterocycles. The van der Waals surface area contributed by atoms with E-state index in [-0.39, 0.29) is 18.3 Å². The number of aromatic hydroxyl groups is 1. The summed E-state index contributed by atoms with van der Waals surface area (Å²) < 4.78 is 0. The minimum Gasteiger partial charge on any atom is -0.508 e. The van der Waals surface area contributed by atoms with Crippen LogP contribution in [-0.4, -0.2) is 22.7 Å². The van der Waals surface area contributed by atoms with Crippen molar-refractivity contribution < 1.29 is 15.0 Å². The topological polar surface area (TPSA) is 69.6 Å². The van der Waals surface area contributed by atoms with E-state index in [1.165, 1.54) is 6.07 Å². The first-order valence-electron chi connectivity index (χ1n) is 6.37. The van der Waals surface area contributed by atoms with E-state index >= 15 is 0 Å². The van der Waals surface area contributed by atoms with Crippen LogP contribution in [0.15, 0.2) is 48.5 Å². The molecule has 4 nitrogen and oxygen atoms in total. The first-order chi connectivity index (χ1) is 9.60. The van der Waals surface area contributed by atoms with Gasteiger partial charge in [0.25, 0.3) is 5.91 Å². The van der Waals surface area contributed by atoms with E-state index in [9.17, 15) is 15.0 Å². The molecule has 0 fully saturated rings. The fraction of sp³-hybridized carbons (Fsp3) is 0.188. The second kappa shape index (κ2) is 6.21. The monoisotopic (exact) mass is 271 g/mol. The van der Waals surface area contributed by atoms with E-state index in [4.69, 9.17) is 0 Å². The zero-order valence-electron chi connectivity index (χ0n) is 11.2. The van der Waals surface area contributed by atoms with Gasteiger partial charge in [0.1, 0.15) is 5.75 Å². The van der Waals surface area contributed by atoms with Crippen molar-refractivity contribution in [3.05, 3.63) is 65.2 Å². The molecule has 0 heterocycles. The summed E-state index contributed by atoms with van der Waals surface area (Å²) in [7, 11) is 0. The molecular weight excluding hydrogens is 254 g/mol. The molecule has 4 heteroatoms. The van der Waals surface area contributed by atoms with Gasteiger partial charge in [-0.05, 0) is 36.2 Å². The molecule has 0 unspecified atom stereocenters. The van der Waals surface area contributed by atoms with Gasteiger partial charge in [0.05, 0.1) is 12.6 Å². The highest BCUT2D eigenvalue weighted by Crippen LogP contribution is 2.17. The average molecular weight is 271 g/mol. The lowest BCUT2D eigenvalue weighted by atomic mass is 10.1. The third-order valence-electron chi connectivity index (χ3n) is 3.01. The minimum absolute atomic E-state index is 0.0513. The van der Waals surface area contributed by atoms with Crippen molar-refractivity contribution in [1.29, 1.82) is 0 Å². The van der Waals surface area contributed by atoms with Crippen molar-refractivity contribution in [2.45, 2.75) is 13.0 Å². The fourth-order valence-corrected chi connectivity index (χ4v) is 2.06. The maximum Gasteiger partial charge on any atom is 0.251 e. The number of phenolic OH excluding ortho intramolecular Hbond substituents is 1. The molecule has 2 aromatic carbocycles. The van der Waals surface area contributed by atoms with Crippen LogP contribution in [0.3, 0.4) is 0 Å². The number of hydrogen-bond acceptors (Lipinski definition) is 3. The average Bonchev–Trinajstić information content (AvgIpc) is 2.44. The highest BCUT2D eigenvalue weighted by atomic mass is 16.3. The van der Waals surface area contributed by atoms with Gasteiger partial charge in [0.15, 0.2) is 0 Å². The Hall–Kier alpha value is -2.33. The summed E-state index contributed by atoms with van der Waals surface area (Å²) in [6.07, 6.45) is 0. The molecule has 0 spiro atoms. The van der Waals surface area contributed by atoms with Gasteiger partial charge in [0.2, 0.25) is 0 Å². The summed E-state index contributed by atoms with van der Waals surface area (Å²) in [5.41, 5.74) is 2.01. The zero-order chi connectivity index (χ0) is 14.5. The van der Waals surface area contributed by atoms with Gasteiger partial charge >= 0.3 is 0 Å². The predicted molar refractivity (Wildman–Crippen MR) is 76.6 cm³/mol. The lowest BCUT2D eigenvalue weighted by molar-refractivity contribution is 0.0915. The largest absolute Gasteiger partial charge is 0.508 e. The molecule has 3 N–H and O–H groups in total. The molecule has 1 amide bonds. The third-order valence-corrected chi connectivity index (χ3v) is 3.01. The van der Waals surface area contributed by atoms with Crippen molar-refractivity contribution in [3.8, 4) is 5.75 Å². The van der Waals surface area contributed by atoms with Crippen LogP contribution in [0.2, 0.25) is 0 Å². The van der Waals surface area contributed by atoms with Crippen molar-refractivity contribution in [1.82, 2.24) is 5.32 Å². The van der Waals surface area contributed by atoms with Crippen LogP contribution in [0.25, 0.3) is 0 Å². The van der Waals surface area contributed by atoms with Crippen LogP contribution in [-0.2, 0) is 0 Å². The number of aryl methyl sites for hydroxylation is 1. The van der Waals surface area contributed by atoms with E-state index in [0.717, 1.165) is 11.1 Å². The van der Waals surface area contributed by atoms with Crippen molar-refractivity contribution in [2.24, 2.45) is 0 Å². The Morgan fingerprint density at radius 1 is 1.20 bits per heavy atom. The van der Waals surface area contributed by atoms with Crippen LogP contribution >= 0.6 is 0 Å². The number of aliphatic hydroxyl groups excluding tert-OH is 1. The van der Waals surface area contributed by atoms with Gasteiger partial charge < -0.3 is 15.5 Å². The van der Waals surface area contributed by atoms with Crippen LogP contribution in [0.1, 0.15) is 27.5 Å². The molecule has 0 aliphatic carbocycles. The van der Waals surface area contributed by atoms with Gasteiger partial charge in [-0.2, -0.15) is 0 Å². The second-order valence-electron chi connectivity index (χ2n) is 4.68. The van der Waals surface area contributed by atoms with Crippen LogP contribution in [0.5, 0.6) is 5.75 Å². The Kier molecular flexibility index (Phi) is 4.38. The number of carbonyl (C=O) groups is 1. The lowest BCUT2D eigenvalue weighted by Crippen LogP contribution is -2.30. The summed E-state index contributed by atoms with van der Waals surface area (Å²) >= 11 is 0. The maximum absolute atomic E-state index is 12.2. The predicted octanol–water partition coefficient (Wildman–Crippen LogP) is 2.16. The fourth-order valence-electron chi connectivity index (χ4n) is 2.06. The number of rotatable bonds is 4. The number of aliphatic hydroxyl groups is 1. The molecule has 104 valence electrons. The van der Waals surface area contributed by atoms with E-state index in [1.54, 1.807) is 19.1 Å². The van der Waals surface area contributed by atoms with E-state index in [2.05, 4.69) is 5.32 Å². The number of phenols is 1. The van der Waals surface area contributed by atoms with E-state index < -0.39 is 6.04 Å². The number of amides is 1. The van der Waals surface area contributed by atoms with E-state index in [0.29, 0.717) is 5.56 Å². The number of carbonyl (C=O) groups excluding carboxylic acids is 1. The Balaban J connectivity index is 2.17. The molecule has 0 bridgehead atoms. The number of hydrogen-bond donors (Lipinski definition) is 3. The van der Waals surface area contributed by atoms with Crippen LogP contribution in [0.4, 0.5) is 0 Å². The molecule has 20 heavy (non-hydrogen) atoms. The van der Waals surface area contributed by atoms with Gasteiger partial charge in [-0.25, -0.2) is 0 Å². The van der Waals surface area contributed by atoms with E-state index in [1.807, 2.05) is 30.3 Å². The smallest absolute Gasteiger partial charge is 0.251 e. The van der Waals surface area contributed by atoms with Gasteiger partial charge in [-0.15, -0.1) is 0 Å². The SMILES string of the molecule is Cc1cc(O)cc(C(=O)N[C@H](CO)c2ccccc2)c1. The van der Waals surface area contributed by atoms with Gasteiger partial charge in [0, 0.05) is 5.56 Å². The lowest BCUT2D eigenvalue weighted by Gasteiger charge is -2.17. The highest BCUT2D eigenvalue weighted by Gasteiger charge is 2.15. The molecule has 0 aromatic heterocycles. The first-order valence-corrected chi connectivity index (χ1v) is 6.37. The van der Waals surface area contributed by atoms with Gasteiger partial charge in [-0.3, -0.25) is 4.79 Å². The molecule has 0 saturated heterocycles. The van der Waals surface area contributed by atoms with Crippen molar-refractivity contribution >= 4 is 5.91 Å². The standard InChI is InChI=1S/C16H17NO3/c1-11-7-13(9-14(19)8-11)16(20)17-15(10-18)12-5-3-2-4-6-12/h2-9,15,18-19H,10H2,1H3,(H,17,20)/t15-/m1/s1. The number of benzene rings is 2. The summed E-state index contributed by atoms with van der Waals surface area (Å²) in [6, 6.07) is 13.5. The second-order valence-corrected chi connectivity index (χ2v) is 4.68. The molecule has 2 aromatic rings. The molecule has 1 atom stereocenters. The Bertz CT molecular complexity index is 576. The first kappa shape index (κ1) is 14.1. The zero-order valence-corrected chi connectivity index (χ0v) is 11.2. The van der Waals surface area contributed by atoms with Crippen molar-refractivity contribution in [2.75, 3.05) is 6.61 Å². The summed E-state index contributed by atoms with van der Waals surface area (Å²) in [4.78, 5) is 12.2. The Labute approximate surface area is 117 Å². The molecule has 0 saturated carbocycles. The highest BCUT2D eigenvalue weighted by molar-refractivity contribution is 5.95. The van der Waals surface area contributed by atoms with Gasteiger partial charge in [-0.1, -0.05) is 30.3 Å². The summed E-state index contributed by atoms with van der Waals surface area (Å²) in [5.74, 6) is -0.276. The van der Waals surface area contributed by atoms with Crippen LogP contribution < -0.4 is 5.32 Å². The quantitative estimate of drug-likeness (QED) is 0.798.